The Morgan fingerprint density at radius 3 is 1.66 bits per heavy atom. The van der Waals surface area contributed by atoms with Gasteiger partial charge in [-0.25, -0.2) is 15.0 Å². The molecule has 0 saturated carbocycles. The van der Waals surface area contributed by atoms with E-state index in [0.717, 1.165) is 55.3 Å². The summed E-state index contributed by atoms with van der Waals surface area (Å²) in [4.78, 5) is 14.8. The first kappa shape index (κ1) is 27.0. The number of furan rings is 1. The molecular weight excluding hydrogens is 574 g/mol. The molecular formula is C43H27N3O. The molecule has 9 aromatic rings. The fourth-order valence-corrected chi connectivity index (χ4v) is 6.38. The van der Waals surface area contributed by atoms with Crippen LogP contribution in [0.15, 0.2) is 168 Å². The van der Waals surface area contributed by atoms with E-state index >= 15 is 0 Å². The Balaban J connectivity index is 1.19. The van der Waals surface area contributed by atoms with Gasteiger partial charge in [0.05, 0.1) is 0 Å². The smallest absolute Gasteiger partial charge is 0.164 e. The first-order chi connectivity index (χ1) is 23.3. The van der Waals surface area contributed by atoms with Crippen LogP contribution in [0.2, 0.25) is 0 Å². The minimum atomic E-state index is 0.627. The summed E-state index contributed by atoms with van der Waals surface area (Å²) < 4.78 is 6.39. The summed E-state index contributed by atoms with van der Waals surface area (Å²) in [6, 6.07) is 56.4. The van der Waals surface area contributed by atoms with Crippen molar-refractivity contribution in [3.8, 4) is 56.4 Å². The Bertz CT molecular complexity index is 2510. The molecule has 0 saturated heterocycles. The van der Waals surface area contributed by atoms with Crippen LogP contribution < -0.4 is 0 Å². The van der Waals surface area contributed by atoms with Gasteiger partial charge in [-0.1, -0.05) is 133 Å². The van der Waals surface area contributed by atoms with Gasteiger partial charge in [0.2, 0.25) is 0 Å². The fraction of sp³-hybridized carbons (Fsp3) is 0. The number of hydrogen-bond acceptors (Lipinski definition) is 4. The molecule has 0 N–H and O–H groups in total. The molecule has 0 amide bonds. The van der Waals surface area contributed by atoms with Crippen LogP contribution in [0.3, 0.4) is 0 Å². The van der Waals surface area contributed by atoms with E-state index in [4.69, 9.17) is 19.4 Å². The van der Waals surface area contributed by atoms with Crippen LogP contribution in [0, 0.1) is 0 Å². The number of nitrogens with zero attached hydrogens (tertiary/aromatic N) is 3. The fourth-order valence-electron chi connectivity index (χ4n) is 6.38. The highest BCUT2D eigenvalue weighted by atomic mass is 16.3. The Hall–Kier alpha value is -6.39. The second kappa shape index (κ2) is 11.2. The van der Waals surface area contributed by atoms with Gasteiger partial charge < -0.3 is 4.42 Å². The highest BCUT2D eigenvalue weighted by molar-refractivity contribution is 6.13. The standard InChI is InChI=1S/C43H27N3O/c1-3-12-29(13-4-1)41-44-42(30-14-5-2-6-15-30)46-43(45-41)35-18-9-17-34(26-35)36-19-10-20-39-40(36)37-27-33(23-24-38(37)47-39)32-22-21-28-11-7-8-16-31(28)25-32/h1-27H. The molecule has 0 unspecified atom stereocenters. The molecule has 220 valence electrons. The summed E-state index contributed by atoms with van der Waals surface area (Å²) in [5, 5.41) is 4.64. The van der Waals surface area contributed by atoms with Crippen LogP contribution in [0.1, 0.15) is 0 Å². The van der Waals surface area contributed by atoms with Crippen LogP contribution in [0.5, 0.6) is 0 Å². The van der Waals surface area contributed by atoms with E-state index in [-0.39, 0.29) is 0 Å². The molecule has 4 heteroatoms. The van der Waals surface area contributed by atoms with E-state index in [1.165, 1.54) is 16.3 Å². The maximum absolute atomic E-state index is 6.39. The normalized spacial score (nSPS) is 11.4. The van der Waals surface area contributed by atoms with Gasteiger partial charge in [0.1, 0.15) is 11.2 Å². The molecule has 0 radical (unpaired) electrons. The van der Waals surface area contributed by atoms with E-state index in [1.54, 1.807) is 0 Å². The van der Waals surface area contributed by atoms with E-state index in [0.29, 0.717) is 17.5 Å². The van der Waals surface area contributed by atoms with Gasteiger partial charge in [0.25, 0.3) is 0 Å². The predicted octanol–water partition coefficient (Wildman–Crippen LogP) is 11.3. The molecule has 0 spiro atoms. The lowest BCUT2D eigenvalue weighted by Crippen LogP contribution is -2.00. The lowest BCUT2D eigenvalue weighted by Gasteiger charge is -2.10. The third-order valence-corrected chi connectivity index (χ3v) is 8.71. The lowest BCUT2D eigenvalue weighted by molar-refractivity contribution is 0.669. The Morgan fingerprint density at radius 1 is 0.340 bits per heavy atom. The van der Waals surface area contributed by atoms with Crippen molar-refractivity contribution in [1.29, 1.82) is 0 Å². The van der Waals surface area contributed by atoms with Crippen molar-refractivity contribution in [3.05, 3.63) is 164 Å². The van der Waals surface area contributed by atoms with Crippen molar-refractivity contribution in [2.45, 2.75) is 0 Å². The third-order valence-electron chi connectivity index (χ3n) is 8.71. The van der Waals surface area contributed by atoms with Crippen LogP contribution >= 0.6 is 0 Å². The lowest BCUT2D eigenvalue weighted by atomic mass is 9.96. The van der Waals surface area contributed by atoms with Gasteiger partial charge in [0.15, 0.2) is 17.5 Å². The highest BCUT2D eigenvalue weighted by Crippen LogP contribution is 2.39. The summed E-state index contributed by atoms with van der Waals surface area (Å²) in [6.07, 6.45) is 0. The van der Waals surface area contributed by atoms with E-state index in [1.807, 2.05) is 66.7 Å². The predicted molar refractivity (Wildman–Crippen MR) is 192 cm³/mol. The third kappa shape index (κ3) is 4.93. The van der Waals surface area contributed by atoms with Gasteiger partial charge >= 0.3 is 0 Å². The average molecular weight is 602 g/mol. The summed E-state index contributed by atoms with van der Waals surface area (Å²) in [5.74, 6) is 1.91. The van der Waals surface area contributed by atoms with Gasteiger partial charge in [-0.15, -0.1) is 0 Å². The number of rotatable bonds is 5. The quantitative estimate of drug-likeness (QED) is 0.197. The second-order valence-corrected chi connectivity index (χ2v) is 11.7. The Kier molecular flexibility index (Phi) is 6.43. The first-order valence-electron chi connectivity index (χ1n) is 15.7. The molecule has 4 nitrogen and oxygen atoms in total. The van der Waals surface area contributed by atoms with E-state index in [2.05, 4.69) is 97.1 Å². The molecule has 9 rings (SSSR count). The molecule has 0 aliphatic rings. The molecule has 2 heterocycles. The SMILES string of the molecule is c1ccc(-c2nc(-c3ccccc3)nc(-c3cccc(-c4cccc5oc6ccc(-c7ccc8ccccc8c7)cc6c45)c3)n2)cc1. The number of hydrogen-bond donors (Lipinski definition) is 0. The van der Waals surface area contributed by atoms with Crippen LogP contribution in [0.25, 0.3) is 89.1 Å². The molecule has 0 aliphatic carbocycles. The highest BCUT2D eigenvalue weighted by Gasteiger charge is 2.16. The van der Waals surface area contributed by atoms with Gasteiger partial charge in [-0.2, -0.15) is 0 Å². The van der Waals surface area contributed by atoms with Crippen molar-refractivity contribution in [3.63, 3.8) is 0 Å². The Labute approximate surface area is 271 Å². The summed E-state index contributed by atoms with van der Waals surface area (Å²) in [6.45, 7) is 0. The van der Waals surface area contributed by atoms with Crippen LogP contribution in [-0.2, 0) is 0 Å². The largest absolute Gasteiger partial charge is 0.456 e. The van der Waals surface area contributed by atoms with Gasteiger partial charge in [-0.05, 0) is 63.4 Å². The minimum Gasteiger partial charge on any atom is -0.456 e. The minimum absolute atomic E-state index is 0.627. The number of benzene rings is 7. The van der Waals surface area contributed by atoms with Crippen molar-refractivity contribution in [2.75, 3.05) is 0 Å². The summed E-state index contributed by atoms with van der Waals surface area (Å²) in [5.41, 5.74) is 9.03. The average Bonchev–Trinajstić information content (AvgIpc) is 3.53. The maximum atomic E-state index is 6.39. The number of aromatic nitrogens is 3. The van der Waals surface area contributed by atoms with Crippen molar-refractivity contribution in [2.24, 2.45) is 0 Å². The van der Waals surface area contributed by atoms with Gasteiger partial charge in [0, 0.05) is 27.5 Å². The number of fused-ring (bicyclic) bond motifs is 4. The topological polar surface area (TPSA) is 51.8 Å². The summed E-state index contributed by atoms with van der Waals surface area (Å²) >= 11 is 0. The maximum Gasteiger partial charge on any atom is 0.164 e. The Morgan fingerprint density at radius 2 is 0.915 bits per heavy atom. The van der Waals surface area contributed by atoms with Crippen LogP contribution in [0.4, 0.5) is 0 Å². The molecule has 0 fully saturated rings. The van der Waals surface area contributed by atoms with Crippen molar-refractivity contribution in [1.82, 2.24) is 15.0 Å². The molecule has 0 atom stereocenters. The first-order valence-corrected chi connectivity index (χ1v) is 15.7. The molecule has 0 aliphatic heterocycles. The van der Waals surface area contributed by atoms with Gasteiger partial charge in [-0.3, -0.25) is 0 Å². The zero-order valence-corrected chi connectivity index (χ0v) is 25.3. The van der Waals surface area contributed by atoms with Crippen molar-refractivity contribution < 1.29 is 4.42 Å². The molecule has 47 heavy (non-hydrogen) atoms. The zero-order valence-electron chi connectivity index (χ0n) is 25.3. The van der Waals surface area contributed by atoms with Crippen molar-refractivity contribution >= 4 is 32.7 Å². The monoisotopic (exact) mass is 601 g/mol. The second-order valence-electron chi connectivity index (χ2n) is 11.7. The van der Waals surface area contributed by atoms with E-state index < -0.39 is 0 Å². The molecule has 0 bridgehead atoms. The molecule has 2 aromatic heterocycles. The summed E-state index contributed by atoms with van der Waals surface area (Å²) in [7, 11) is 0. The molecule has 7 aromatic carbocycles. The zero-order chi connectivity index (χ0) is 31.2. The van der Waals surface area contributed by atoms with Crippen LogP contribution in [-0.4, -0.2) is 15.0 Å². The van der Waals surface area contributed by atoms with E-state index in [9.17, 15) is 0 Å².